The summed E-state index contributed by atoms with van der Waals surface area (Å²) >= 11 is 0. The lowest BCUT2D eigenvalue weighted by molar-refractivity contribution is 0.532. The van der Waals surface area contributed by atoms with E-state index in [2.05, 4.69) is 52.8 Å². The van der Waals surface area contributed by atoms with Gasteiger partial charge >= 0.3 is 0 Å². The van der Waals surface area contributed by atoms with Crippen molar-refractivity contribution in [2.45, 2.75) is 52.4 Å². The molecule has 0 fully saturated rings. The third kappa shape index (κ3) is 1.82. The molecule has 0 spiro atoms. The maximum absolute atomic E-state index is 2.43. The monoisotopic (exact) mass is 202 g/mol. The Hall–Kier alpha value is -0.780. The molecule has 1 aliphatic rings. The van der Waals surface area contributed by atoms with Gasteiger partial charge in [0.2, 0.25) is 0 Å². The fourth-order valence-corrected chi connectivity index (χ4v) is 2.52. The standard InChI is InChI=1S/C15H22/c1-10-8-12-9-13(15(3,4)5)6-7-14(12)11(10)2/h6-7,9-11H,8H2,1-5H3. The number of rotatable bonds is 0. The summed E-state index contributed by atoms with van der Waals surface area (Å²) in [5, 5.41) is 0. The highest BCUT2D eigenvalue weighted by molar-refractivity contribution is 5.40. The Kier molecular flexibility index (Phi) is 2.41. The van der Waals surface area contributed by atoms with Crippen molar-refractivity contribution in [3.63, 3.8) is 0 Å². The zero-order valence-electron chi connectivity index (χ0n) is 10.6. The minimum atomic E-state index is 0.282. The number of hydrogen-bond donors (Lipinski definition) is 0. The fraction of sp³-hybridized carbons (Fsp3) is 0.600. The van der Waals surface area contributed by atoms with Gasteiger partial charge in [-0.2, -0.15) is 0 Å². The van der Waals surface area contributed by atoms with Crippen LogP contribution >= 0.6 is 0 Å². The van der Waals surface area contributed by atoms with Crippen molar-refractivity contribution in [3.05, 3.63) is 34.9 Å². The molecule has 0 heterocycles. The number of hydrogen-bond acceptors (Lipinski definition) is 0. The van der Waals surface area contributed by atoms with Gasteiger partial charge in [-0.05, 0) is 40.4 Å². The van der Waals surface area contributed by atoms with Gasteiger partial charge in [0.1, 0.15) is 0 Å². The smallest absolute Gasteiger partial charge is 0.0132 e. The van der Waals surface area contributed by atoms with Crippen LogP contribution < -0.4 is 0 Å². The third-order valence-corrected chi connectivity index (χ3v) is 3.90. The second-order valence-corrected chi connectivity index (χ2v) is 6.13. The molecule has 1 aliphatic carbocycles. The van der Waals surface area contributed by atoms with Gasteiger partial charge < -0.3 is 0 Å². The lowest BCUT2D eigenvalue weighted by Gasteiger charge is -2.20. The first-order valence-corrected chi connectivity index (χ1v) is 6.03. The Morgan fingerprint density at radius 3 is 2.40 bits per heavy atom. The summed E-state index contributed by atoms with van der Waals surface area (Å²) in [4.78, 5) is 0. The van der Waals surface area contributed by atoms with Gasteiger partial charge in [-0.1, -0.05) is 52.8 Å². The molecular formula is C15H22. The fourth-order valence-electron chi connectivity index (χ4n) is 2.52. The largest absolute Gasteiger partial charge is 0.0616 e. The van der Waals surface area contributed by atoms with Gasteiger partial charge in [0, 0.05) is 0 Å². The maximum atomic E-state index is 2.43. The van der Waals surface area contributed by atoms with Gasteiger partial charge in [-0.3, -0.25) is 0 Å². The van der Waals surface area contributed by atoms with E-state index >= 15 is 0 Å². The van der Waals surface area contributed by atoms with Crippen LogP contribution in [0.25, 0.3) is 0 Å². The van der Waals surface area contributed by atoms with E-state index in [1.807, 2.05) is 0 Å². The molecule has 0 heteroatoms. The Labute approximate surface area is 93.7 Å². The van der Waals surface area contributed by atoms with Gasteiger partial charge in [-0.15, -0.1) is 0 Å². The molecule has 82 valence electrons. The molecule has 0 radical (unpaired) electrons. The second kappa shape index (κ2) is 3.37. The average molecular weight is 202 g/mol. The third-order valence-electron chi connectivity index (χ3n) is 3.90. The summed E-state index contributed by atoms with van der Waals surface area (Å²) in [5.74, 6) is 1.56. The summed E-state index contributed by atoms with van der Waals surface area (Å²) in [7, 11) is 0. The van der Waals surface area contributed by atoms with Crippen LogP contribution in [-0.2, 0) is 11.8 Å². The van der Waals surface area contributed by atoms with E-state index in [9.17, 15) is 0 Å². The Bertz CT molecular complexity index is 368. The maximum Gasteiger partial charge on any atom is -0.0132 e. The summed E-state index contributed by atoms with van der Waals surface area (Å²) in [6.45, 7) is 11.6. The highest BCUT2D eigenvalue weighted by atomic mass is 14.3. The van der Waals surface area contributed by atoms with E-state index in [0.29, 0.717) is 0 Å². The van der Waals surface area contributed by atoms with E-state index in [1.54, 1.807) is 11.1 Å². The van der Waals surface area contributed by atoms with Crippen LogP contribution in [0.4, 0.5) is 0 Å². The zero-order chi connectivity index (χ0) is 11.2. The number of fused-ring (bicyclic) bond motifs is 1. The van der Waals surface area contributed by atoms with Crippen LogP contribution in [0.5, 0.6) is 0 Å². The molecule has 2 unspecified atom stereocenters. The summed E-state index contributed by atoms with van der Waals surface area (Å²) in [6, 6.07) is 7.09. The van der Waals surface area contributed by atoms with Crippen LogP contribution in [-0.4, -0.2) is 0 Å². The van der Waals surface area contributed by atoms with Crippen molar-refractivity contribution >= 4 is 0 Å². The van der Waals surface area contributed by atoms with Crippen LogP contribution in [0, 0.1) is 5.92 Å². The molecule has 0 aliphatic heterocycles. The van der Waals surface area contributed by atoms with Gasteiger partial charge in [0.05, 0.1) is 0 Å². The average Bonchev–Trinajstić information content (AvgIpc) is 2.41. The summed E-state index contributed by atoms with van der Waals surface area (Å²) < 4.78 is 0. The Morgan fingerprint density at radius 2 is 1.80 bits per heavy atom. The first-order chi connectivity index (χ1) is 6.89. The summed E-state index contributed by atoms with van der Waals surface area (Å²) in [6.07, 6.45) is 1.26. The molecular weight excluding hydrogens is 180 g/mol. The van der Waals surface area contributed by atoms with Crippen LogP contribution in [0.3, 0.4) is 0 Å². The first kappa shape index (κ1) is 10.7. The predicted molar refractivity (Wildman–Crippen MR) is 66.4 cm³/mol. The Balaban J connectivity index is 2.42. The quantitative estimate of drug-likeness (QED) is 0.589. The zero-order valence-corrected chi connectivity index (χ0v) is 10.6. The van der Waals surface area contributed by atoms with Gasteiger partial charge in [0.15, 0.2) is 0 Å². The van der Waals surface area contributed by atoms with E-state index in [4.69, 9.17) is 0 Å². The minimum absolute atomic E-state index is 0.282. The molecule has 0 aromatic heterocycles. The van der Waals surface area contributed by atoms with Crippen molar-refractivity contribution in [2.24, 2.45) is 5.92 Å². The van der Waals surface area contributed by atoms with Crippen molar-refractivity contribution in [2.75, 3.05) is 0 Å². The van der Waals surface area contributed by atoms with Crippen LogP contribution in [0.2, 0.25) is 0 Å². The summed E-state index contributed by atoms with van der Waals surface area (Å²) in [5.41, 5.74) is 4.92. The molecule has 0 N–H and O–H groups in total. The molecule has 2 atom stereocenters. The highest BCUT2D eigenvalue weighted by Crippen LogP contribution is 2.39. The van der Waals surface area contributed by atoms with Crippen molar-refractivity contribution < 1.29 is 0 Å². The molecule has 0 saturated heterocycles. The second-order valence-electron chi connectivity index (χ2n) is 6.13. The molecule has 15 heavy (non-hydrogen) atoms. The topological polar surface area (TPSA) is 0 Å². The minimum Gasteiger partial charge on any atom is -0.0616 e. The molecule has 2 rings (SSSR count). The van der Waals surface area contributed by atoms with Gasteiger partial charge in [0.25, 0.3) is 0 Å². The van der Waals surface area contributed by atoms with Gasteiger partial charge in [-0.25, -0.2) is 0 Å². The molecule has 0 amide bonds. The van der Waals surface area contributed by atoms with Crippen molar-refractivity contribution in [3.8, 4) is 0 Å². The lowest BCUT2D eigenvalue weighted by Crippen LogP contribution is -2.11. The molecule has 1 aromatic rings. The highest BCUT2D eigenvalue weighted by Gasteiger charge is 2.26. The molecule has 0 bridgehead atoms. The molecule has 1 aromatic carbocycles. The normalized spacial score (nSPS) is 25.4. The van der Waals surface area contributed by atoms with E-state index in [1.165, 1.54) is 12.0 Å². The van der Waals surface area contributed by atoms with E-state index < -0.39 is 0 Å². The molecule has 0 nitrogen and oxygen atoms in total. The SMILES string of the molecule is CC1Cc2cc(C(C)(C)C)ccc2C1C. The first-order valence-electron chi connectivity index (χ1n) is 6.03. The molecule has 0 saturated carbocycles. The lowest BCUT2D eigenvalue weighted by atomic mass is 9.85. The van der Waals surface area contributed by atoms with Crippen LogP contribution in [0.15, 0.2) is 18.2 Å². The van der Waals surface area contributed by atoms with E-state index in [0.717, 1.165) is 11.8 Å². The Morgan fingerprint density at radius 1 is 1.13 bits per heavy atom. The predicted octanol–water partition coefficient (Wildman–Crippen LogP) is 4.28. The van der Waals surface area contributed by atoms with Crippen molar-refractivity contribution in [1.82, 2.24) is 0 Å². The van der Waals surface area contributed by atoms with E-state index in [-0.39, 0.29) is 5.41 Å². The van der Waals surface area contributed by atoms with Crippen LogP contribution in [0.1, 0.15) is 57.2 Å². The number of benzene rings is 1. The van der Waals surface area contributed by atoms with Crippen molar-refractivity contribution in [1.29, 1.82) is 0 Å².